The van der Waals surface area contributed by atoms with Gasteiger partial charge in [0.15, 0.2) is 5.78 Å². The third-order valence-electron chi connectivity index (χ3n) is 10.5. The molecular weight excluding hydrogens is 737 g/mol. The second kappa shape index (κ2) is 17.2. The quantitative estimate of drug-likeness (QED) is 0.155. The Morgan fingerprint density at radius 3 is 2.24 bits per heavy atom. The Morgan fingerprint density at radius 2 is 1.55 bits per heavy atom. The molecule has 0 aromatic heterocycles. The van der Waals surface area contributed by atoms with Crippen molar-refractivity contribution < 1.29 is 54.0 Å². The van der Waals surface area contributed by atoms with E-state index in [0.29, 0.717) is 16.9 Å². The van der Waals surface area contributed by atoms with Crippen LogP contribution in [0.25, 0.3) is 5.57 Å². The first-order valence-corrected chi connectivity index (χ1v) is 19.3. The van der Waals surface area contributed by atoms with E-state index in [4.69, 9.17) is 0 Å². The van der Waals surface area contributed by atoms with E-state index in [1.54, 1.807) is 6.07 Å². The Balaban J connectivity index is 1.67. The summed E-state index contributed by atoms with van der Waals surface area (Å²) in [6.07, 6.45) is -3.44. The third kappa shape index (κ3) is 9.72. The first-order valence-electron chi connectivity index (χ1n) is 18.4. The molecule has 1 unspecified atom stereocenters. The molecule has 3 aliphatic heterocycles. The van der Waals surface area contributed by atoms with Crippen LogP contribution in [0.2, 0.25) is 0 Å². The smallest absolute Gasteiger partial charge is 0.246 e. The van der Waals surface area contributed by atoms with Crippen LogP contribution in [-0.2, 0) is 40.0 Å². The molecule has 3 heterocycles. The van der Waals surface area contributed by atoms with Crippen LogP contribution < -0.4 is 26.6 Å². The molecule has 9 N–H and O–H groups in total. The van der Waals surface area contributed by atoms with Crippen LogP contribution in [0.1, 0.15) is 64.5 Å². The molecule has 55 heavy (non-hydrogen) atoms. The Bertz CT molecular complexity index is 1750. The molecule has 18 heteroatoms. The van der Waals surface area contributed by atoms with E-state index >= 15 is 0 Å². The van der Waals surface area contributed by atoms with Gasteiger partial charge in [-0.2, -0.15) is 0 Å². The fourth-order valence-corrected chi connectivity index (χ4v) is 8.46. The minimum absolute atomic E-state index is 0.0802. The van der Waals surface area contributed by atoms with Crippen molar-refractivity contribution in [1.82, 2.24) is 31.5 Å². The topological polar surface area (TPSA) is 264 Å². The van der Waals surface area contributed by atoms with Gasteiger partial charge in [-0.3, -0.25) is 33.6 Å². The standard InChI is InChI=1S/C37H50N6O11S/c1-17-29(47)12-23(19(3)45)32(49)42-27-15-55-30-9-20-7-5-6-8-22(20)24(30)11-25(33(50)41-26(34(51)38-17)13-37(4,54)16-44)40-31(48)18(2)39-35(52)28-10-21(46)14-43(28)36(27)53/h5-8,17-19,21,23,25-28,44-46,54H,9-16H2,1-4H3,(H,38,51)(H,39,52)(H,40,48)(H,41,50)(H,42,49)/t17-,18-,19+,21-,23+,25+,26-,27-,28?,37+/m0/s1. The molecule has 1 aliphatic carbocycles. The number of ketones is 1. The zero-order valence-electron chi connectivity index (χ0n) is 31.2. The van der Waals surface area contributed by atoms with Crippen LogP contribution in [0, 0.1) is 5.92 Å². The van der Waals surface area contributed by atoms with Crippen molar-refractivity contribution in [3.05, 3.63) is 40.3 Å². The number of hydrogen-bond donors (Lipinski definition) is 9. The number of aliphatic hydroxyl groups excluding tert-OH is 3. The molecule has 300 valence electrons. The highest BCUT2D eigenvalue weighted by Gasteiger charge is 2.44. The minimum Gasteiger partial charge on any atom is -0.393 e. The first kappa shape index (κ1) is 41.8. The maximum absolute atomic E-state index is 14.3. The highest BCUT2D eigenvalue weighted by molar-refractivity contribution is 8.03. The van der Waals surface area contributed by atoms with Crippen molar-refractivity contribution in [3.63, 3.8) is 0 Å². The first-order chi connectivity index (χ1) is 25.9. The highest BCUT2D eigenvalue weighted by Crippen LogP contribution is 2.41. The van der Waals surface area contributed by atoms with Crippen LogP contribution in [-0.4, -0.2) is 140 Å². The van der Waals surface area contributed by atoms with Crippen molar-refractivity contribution in [2.75, 3.05) is 18.9 Å². The van der Waals surface area contributed by atoms with Crippen molar-refractivity contribution in [2.24, 2.45) is 5.92 Å². The number of benzene rings is 1. The summed E-state index contributed by atoms with van der Waals surface area (Å²) in [7, 11) is 0. The molecule has 5 rings (SSSR count). The number of hydrogen-bond acceptors (Lipinski definition) is 12. The molecule has 1 saturated heterocycles. The normalized spacial score (nSPS) is 31.9. The molecule has 1 fully saturated rings. The average molecular weight is 787 g/mol. The van der Waals surface area contributed by atoms with E-state index in [1.807, 2.05) is 18.2 Å². The number of rotatable bonds is 4. The second-order valence-electron chi connectivity index (χ2n) is 15.2. The van der Waals surface area contributed by atoms with Gasteiger partial charge in [0.05, 0.1) is 36.4 Å². The number of carbonyl (C=O) groups excluding carboxylic acids is 7. The summed E-state index contributed by atoms with van der Waals surface area (Å²) in [6, 6.07) is -0.561. The SMILES string of the molecule is C[C@@H]1NC(=O)[C@H](C[C@@](C)(O)CO)NC(=O)[C@H]2CC3=C(Cc4ccccc43)SC[C@H](NC(=O)[C@@H]([C@@H](C)O)CC1=O)C(=O)N1C[C@@H](O)CC1C(=O)N[C@@H](C)C(=O)N2. The molecule has 6 amide bonds. The zero-order chi connectivity index (χ0) is 40.4. The Hall–Kier alpha value is -4.36. The number of allylic oxidation sites excluding steroid dienone is 1. The third-order valence-corrected chi connectivity index (χ3v) is 11.8. The second-order valence-corrected chi connectivity index (χ2v) is 16.3. The van der Waals surface area contributed by atoms with E-state index < -0.39 is 121 Å². The number of aliphatic hydroxyl groups is 4. The monoisotopic (exact) mass is 786 g/mol. The summed E-state index contributed by atoms with van der Waals surface area (Å²) in [4.78, 5) is 98.9. The van der Waals surface area contributed by atoms with Crippen molar-refractivity contribution >= 4 is 58.6 Å². The Labute approximate surface area is 322 Å². The molecule has 4 aliphatic rings. The molecule has 0 radical (unpaired) electrons. The van der Waals surface area contributed by atoms with E-state index in [2.05, 4.69) is 26.6 Å². The summed E-state index contributed by atoms with van der Waals surface area (Å²) in [6.45, 7) is 4.25. The van der Waals surface area contributed by atoms with Gasteiger partial charge in [-0.1, -0.05) is 24.3 Å². The number of carbonyl (C=O) groups is 7. The molecule has 10 atom stereocenters. The number of fused-ring (bicyclic) bond motifs is 5. The van der Waals surface area contributed by atoms with Gasteiger partial charge in [-0.25, -0.2) is 0 Å². The lowest BCUT2D eigenvalue weighted by Gasteiger charge is -2.30. The van der Waals surface area contributed by atoms with Crippen LogP contribution in [0.4, 0.5) is 0 Å². The maximum Gasteiger partial charge on any atom is 0.246 e. The summed E-state index contributed by atoms with van der Waals surface area (Å²) < 4.78 is 0. The van der Waals surface area contributed by atoms with Gasteiger partial charge in [0.1, 0.15) is 30.2 Å². The van der Waals surface area contributed by atoms with Gasteiger partial charge in [0, 0.05) is 44.4 Å². The lowest BCUT2D eigenvalue weighted by molar-refractivity contribution is -0.143. The summed E-state index contributed by atoms with van der Waals surface area (Å²) in [5, 5.41) is 55.0. The molecule has 1 aromatic rings. The summed E-state index contributed by atoms with van der Waals surface area (Å²) >= 11 is 1.22. The fourth-order valence-electron chi connectivity index (χ4n) is 7.25. The lowest BCUT2D eigenvalue weighted by Crippen LogP contribution is -2.59. The minimum atomic E-state index is -1.87. The van der Waals surface area contributed by atoms with Gasteiger partial charge in [-0.15, -0.1) is 11.8 Å². The van der Waals surface area contributed by atoms with Crippen molar-refractivity contribution in [2.45, 2.75) is 114 Å². The van der Waals surface area contributed by atoms with E-state index in [9.17, 15) is 54.0 Å². The number of nitrogens with one attached hydrogen (secondary N) is 5. The summed E-state index contributed by atoms with van der Waals surface area (Å²) in [5.74, 6) is -6.95. The highest BCUT2D eigenvalue weighted by atomic mass is 32.2. The van der Waals surface area contributed by atoms with Crippen LogP contribution in [0.3, 0.4) is 0 Å². The van der Waals surface area contributed by atoms with Gasteiger partial charge in [0.25, 0.3) is 0 Å². The number of amides is 6. The van der Waals surface area contributed by atoms with Crippen LogP contribution >= 0.6 is 11.8 Å². The molecule has 0 spiro atoms. The number of Topliss-reactive ketones (excluding diaryl/α,β-unsaturated/α-hetero) is 1. The van der Waals surface area contributed by atoms with E-state index in [0.717, 1.165) is 16.0 Å². The largest absolute Gasteiger partial charge is 0.393 e. The Kier molecular flexibility index (Phi) is 13.1. The predicted molar refractivity (Wildman–Crippen MR) is 198 cm³/mol. The van der Waals surface area contributed by atoms with Gasteiger partial charge < -0.3 is 51.9 Å². The molecular formula is C37H50N6O11S. The molecule has 0 saturated carbocycles. The van der Waals surface area contributed by atoms with Gasteiger partial charge in [0.2, 0.25) is 35.4 Å². The van der Waals surface area contributed by atoms with Crippen molar-refractivity contribution in [3.8, 4) is 0 Å². The predicted octanol–water partition coefficient (Wildman–Crippen LogP) is -2.38. The average Bonchev–Trinajstić information content (AvgIpc) is 3.69. The molecule has 1 aromatic carbocycles. The summed E-state index contributed by atoms with van der Waals surface area (Å²) in [5.41, 5.74) is 0.437. The van der Waals surface area contributed by atoms with Gasteiger partial charge >= 0.3 is 0 Å². The van der Waals surface area contributed by atoms with Crippen LogP contribution in [0.5, 0.6) is 0 Å². The zero-order valence-corrected chi connectivity index (χ0v) is 32.0. The molecule has 2 bridgehead atoms. The number of nitrogens with zero attached hydrogens (tertiary/aromatic N) is 1. The maximum atomic E-state index is 14.3. The van der Waals surface area contributed by atoms with Crippen LogP contribution in [0.15, 0.2) is 29.2 Å². The van der Waals surface area contributed by atoms with Gasteiger partial charge in [-0.05, 0) is 49.3 Å². The fraction of sp³-hybridized carbons (Fsp3) is 0.595. The molecule has 17 nitrogen and oxygen atoms in total. The van der Waals surface area contributed by atoms with E-state index in [-0.39, 0.29) is 25.1 Å². The lowest BCUT2D eigenvalue weighted by atomic mass is 9.92. The Morgan fingerprint density at radius 1 is 0.873 bits per heavy atom. The number of thioether (sulfide) groups is 1. The van der Waals surface area contributed by atoms with Crippen molar-refractivity contribution in [1.29, 1.82) is 0 Å². The van der Waals surface area contributed by atoms with E-state index in [1.165, 1.54) is 39.5 Å².